The maximum absolute atomic E-state index is 11.9. The Labute approximate surface area is 105 Å². The van der Waals surface area contributed by atoms with Gasteiger partial charge in [0.05, 0.1) is 5.56 Å². The number of alkyl halides is 1. The number of phenols is 2. The molecule has 0 aliphatic heterocycles. The summed E-state index contributed by atoms with van der Waals surface area (Å²) < 4.78 is 0. The van der Waals surface area contributed by atoms with Crippen LogP contribution in [-0.2, 0) is 0 Å². The predicted octanol–water partition coefficient (Wildman–Crippen LogP) is 2.19. The Hall–Kier alpha value is -1.42. The number of hydrogen-bond donors (Lipinski definition) is 2. The number of benzene rings is 1. The van der Waals surface area contributed by atoms with E-state index in [4.69, 9.17) is 16.7 Å². The van der Waals surface area contributed by atoms with Gasteiger partial charge in [0, 0.05) is 25.0 Å². The zero-order valence-electron chi connectivity index (χ0n) is 9.85. The zero-order valence-corrected chi connectivity index (χ0v) is 10.6. The van der Waals surface area contributed by atoms with Gasteiger partial charge in [-0.1, -0.05) is 0 Å². The summed E-state index contributed by atoms with van der Waals surface area (Å²) in [7, 11) is 1.65. The SMILES string of the molecule is CC(Cl)CCN(C)C(=O)c1ccc(O)cc1O. The van der Waals surface area contributed by atoms with E-state index >= 15 is 0 Å². The first-order chi connectivity index (χ1) is 7.91. The standard InChI is InChI=1S/C12H16ClNO3/c1-8(13)5-6-14(2)12(17)10-4-3-9(15)7-11(10)16/h3-4,7-8,15-16H,5-6H2,1-2H3. The number of hydrogen-bond acceptors (Lipinski definition) is 3. The largest absolute Gasteiger partial charge is 0.508 e. The Bertz CT molecular complexity index is 407. The maximum Gasteiger partial charge on any atom is 0.257 e. The van der Waals surface area contributed by atoms with E-state index in [1.165, 1.54) is 17.0 Å². The highest BCUT2D eigenvalue weighted by Crippen LogP contribution is 2.23. The third-order valence-corrected chi connectivity index (χ3v) is 2.64. The molecular weight excluding hydrogens is 242 g/mol. The summed E-state index contributed by atoms with van der Waals surface area (Å²) >= 11 is 5.80. The van der Waals surface area contributed by atoms with Crippen molar-refractivity contribution in [2.75, 3.05) is 13.6 Å². The molecule has 0 saturated carbocycles. The minimum atomic E-state index is -0.292. The summed E-state index contributed by atoms with van der Waals surface area (Å²) in [6.07, 6.45) is 0.683. The van der Waals surface area contributed by atoms with E-state index in [0.29, 0.717) is 13.0 Å². The Morgan fingerprint density at radius 1 is 1.47 bits per heavy atom. The van der Waals surface area contributed by atoms with Crippen LogP contribution >= 0.6 is 11.6 Å². The minimum Gasteiger partial charge on any atom is -0.508 e. The molecule has 1 aromatic rings. The number of halogens is 1. The van der Waals surface area contributed by atoms with Crippen molar-refractivity contribution in [3.05, 3.63) is 23.8 Å². The molecule has 17 heavy (non-hydrogen) atoms. The van der Waals surface area contributed by atoms with Crippen molar-refractivity contribution in [1.82, 2.24) is 4.90 Å². The molecule has 1 unspecified atom stereocenters. The monoisotopic (exact) mass is 257 g/mol. The van der Waals surface area contributed by atoms with Crippen molar-refractivity contribution in [2.24, 2.45) is 0 Å². The number of carbonyl (C=O) groups is 1. The van der Waals surface area contributed by atoms with Crippen LogP contribution in [0.15, 0.2) is 18.2 Å². The summed E-state index contributed by atoms with van der Waals surface area (Å²) in [5, 5.41) is 18.7. The Balaban J connectivity index is 2.75. The molecule has 0 aromatic heterocycles. The number of phenolic OH excluding ortho intramolecular Hbond substituents is 2. The molecule has 1 aromatic carbocycles. The van der Waals surface area contributed by atoms with Gasteiger partial charge >= 0.3 is 0 Å². The summed E-state index contributed by atoms with van der Waals surface area (Å²) in [6.45, 7) is 2.38. The number of rotatable bonds is 4. The van der Waals surface area contributed by atoms with E-state index in [1.54, 1.807) is 7.05 Å². The second-order valence-corrected chi connectivity index (χ2v) is 4.74. The van der Waals surface area contributed by atoms with Crippen molar-refractivity contribution >= 4 is 17.5 Å². The van der Waals surface area contributed by atoms with Crippen molar-refractivity contribution in [2.45, 2.75) is 18.7 Å². The van der Waals surface area contributed by atoms with Crippen molar-refractivity contribution in [3.8, 4) is 11.5 Å². The molecule has 0 spiro atoms. The Kier molecular flexibility index (Phi) is 4.63. The molecular formula is C12H16ClNO3. The van der Waals surface area contributed by atoms with Crippen LogP contribution in [-0.4, -0.2) is 40.0 Å². The molecule has 0 aliphatic carbocycles. The third-order valence-electron chi connectivity index (χ3n) is 2.42. The fourth-order valence-corrected chi connectivity index (χ4v) is 1.48. The molecule has 5 heteroatoms. The van der Waals surface area contributed by atoms with E-state index in [2.05, 4.69) is 0 Å². The molecule has 1 rings (SSSR count). The lowest BCUT2D eigenvalue weighted by atomic mass is 10.1. The van der Waals surface area contributed by atoms with Gasteiger partial charge in [0.25, 0.3) is 5.91 Å². The first-order valence-electron chi connectivity index (χ1n) is 5.33. The highest BCUT2D eigenvalue weighted by Gasteiger charge is 2.16. The number of aromatic hydroxyl groups is 2. The van der Waals surface area contributed by atoms with Gasteiger partial charge in [0.1, 0.15) is 11.5 Å². The van der Waals surface area contributed by atoms with Crippen LogP contribution in [0.3, 0.4) is 0 Å². The van der Waals surface area contributed by atoms with Crippen LogP contribution in [0.25, 0.3) is 0 Å². The maximum atomic E-state index is 11.9. The Morgan fingerprint density at radius 2 is 2.12 bits per heavy atom. The lowest BCUT2D eigenvalue weighted by Crippen LogP contribution is -2.28. The average Bonchev–Trinajstić information content (AvgIpc) is 2.25. The van der Waals surface area contributed by atoms with Crippen LogP contribution in [0, 0.1) is 0 Å². The van der Waals surface area contributed by atoms with Crippen LogP contribution in [0.5, 0.6) is 11.5 Å². The second-order valence-electron chi connectivity index (χ2n) is 4.00. The van der Waals surface area contributed by atoms with E-state index in [1.807, 2.05) is 6.92 Å². The van der Waals surface area contributed by atoms with Gasteiger partial charge in [0.15, 0.2) is 0 Å². The van der Waals surface area contributed by atoms with Crippen molar-refractivity contribution < 1.29 is 15.0 Å². The summed E-state index contributed by atoms with van der Waals surface area (Å²) in [5.41, 5.74) is 0.174. The second kappa shape index (κ2) is 5.77. The van der Waals surface area contributed by atoms with Crippen LogP contribution < -0.4 is 0 Å². The average molecular weight is 258 g/mol. The quantitative estimate of drug-likeness (QED) is 0.813. The molecule has 4 nitrogen and oxygen atoms in total. The van der Waals surface area contributed by atoms with Gasteiger partial charge in [-0.05, 0) is 25.5 Å². The first kappa shape index (κ1) is 13.6. The summed E-state index contributed by atoms with van der Waals surface area (Å²) in [4.78, 5) is 13.4. The fraction of sp³-hybridized carbons (Fsp3) is 0.417. The minimum absolute atomic E-state index is 0.00124. The molecule has 0 fully saturated rings. The van der Waals surface area contributed by atoms with Crippen LogP contribution in [0.2, 0.25) is 0 Å². The molecule has 2 N–H and O–H groups in total. The van der Waals surface area contributed by atoms with Crippen molar-refractivity contribution in [3.63, 3.8) is 0 Å². The first-order valence-corrected chi connectivity index (χ1v) is 5.77. The van der Waals surface area contributed by atoms with Crippen molar-refractivity contribution in [1.29, 1.82) is 0 Å². The van der Waals surface area contributed by atoms with Gasteiger partial charge in [-0.3, -0.25) is 4.79 Å². The number of carbonyl (C=O) groups excluding carboxylic acids is 1. The fourth-order valence-electron chi connectivity index (χ4n) is 1.38. The van der Waals surface area contributed by atoms with Gasteiger partial charge in [-0.2, -0.15) is 0 Å². The van der Waals surface area contributed by atoms with Gasteiger partial charge in [-0.25, -0.2) is 0 Å². The van der Waals surface area contributed by atoms with Gasteiger partial charge in [-0.15, -0.1) is 11.6 Å². The number of amides is 1. The smallest absolute Gasteiger partial charge is 0.257 e. The Morgan fingerprint density at radius 3 is 2.65 bits per heavy atom. The molecule has 0 saturated heterocycles. The van der Waals surface area contributed by atoms with Crippen LogP contribution in [0.1, 0.15) is 23.7 Å². The third kappa shape index (κ3) is 3.82. The lowest BCUT2D eigenvalue weighted by molar-refractivity contribution is 0.0790. The topological polar surface area (TPSA) is 60.8 Å². The molecule has 0 heterocycles. The molecule has 1 atom stereocenters. The highest BCUT2D eigenvalue weighted by atomic mass is 35.5. The predicted molar refractivity (Wildman–Crippen MR) is 66.7 cm³/mol. The lowest BCUT2D eigenvalue weighted by Gasteiger charge is -2.18. The summed E-state index contributed by atoms with van der Waals surface area (Å²) in [5.74, 6) is -0.586. The molecule has 0 aliphatic rings. The van der Waals surface area contributed by atoms with Gasteiger partial charge in [0.2, 0.25) is 0 Å². The van der Waals surface area contributed by atoms with Crippen LogP contribution in [0.4, 0.5) is 0 Å². The zero-order chi connectivity index (χ0) is 13.0. The highest BCUT2D eigenvalue weighted by molar-refractivity contribution is 6.20. The van der Waals surface area contributed by atoms with E-state index < -0.39 is 0 Å². The van der Waals surface area contributed by atoms with E-state index in [-0.39, 0.29) is 28.3 Å². The normalized spacial score (nSPS) is 12.2. The number of nitrogens with zero attached hydrogens (tertiary/aromatic N) is 1. The molecule has 1 amide bonds. The molecule has 0 bridgehead atoms. The molecule has 94 valence electrons. The summed E-state index contributed by atoms with van der Waals surface area (Å²) in [6, 6.07) is 3.91. The molecule has 0 radical (unpaired) electrons. The van der Waals surface area contributed by atoms with E-state index in [0.717, 1.165) is 6.07 Å². The van der Waals surface area contributed by atoms with E-state index in [9.17, 15) is 9.90 Å². The van der Waals surface area contributed by atoms with Gasteiger partial charge < -0.3 is 15.1 Å².